The SMILES string of the molecule is C[C@@H]1CN(I)Cc2ccccc21. The molecule has 0 fully saturated rings. The number of rotatable bonds is 0. The normalized spacial score (nSPS) is 23.7. The molecule has 0 amide bonds. The van der Waals surface area contributed by atoms with Crippen LogP contribution in [0.5, 0.6) is 0 Å². The van der Waals surface area contributed by atoms with Crippen molar-refractivity contribution in [1.82, 2.24) is 3.11 Å². The van der Waals surface area contributed by atoms with Crippen molar-refractivity contribution in [3.8, 4) is 0 Å². The van der Waals surface area contributed by atoms with Crippen LogP contribution in [-0.2, 0) is 6.54 Å². The Morgan fingerprint density at radius 3 is 3.00 bits per heavy atom. The van der Waals surface area contributed by atoms with Gasteiger partial charge in [-0.25, -0.2) is 3.11 Å². The summed E-state index contributed by atoms with van der Waals surface area (Å²) in [5.74, 6) is 0.687. The Morgan fingerprint density at radius 2 is 2.17 bits per heavy atom. The van der Waals surface area contributed by atoms with Gasteiger partial charge in [0, 0.05) is 36.0 Å². The van der Waals surface area contributed by atoms with Crippen molar-refractivity contribution in [3.63, 3.8) is 0 Å². The minimum Gasteiger partial charge on any atom is -0.243 e. The van der Waals surface area contributed by atoms with Crippen LogP contribution >= 0.6 is 22.9 Å². The molecule has 1 aromatic rings. The molecule has 1 aromatic carbocycles. The van der Waals surface area contributed by atoms with E-state index in [1.807, 2.05) is 0 Å². The highest BCUT2D eigenvalue weighted by Crippen LogP contribution is 2.29. The fourth-order valence-corrected chi connectivity index (χ4v) is 2.76. The van der Waals surface area contributed by atoms with Gasteiger partial charge in [-0.15, -0.1) is 0 Å². The van der Waals surface area contributed by atoms with Crippen LogP contribution in [0.25, 0.3) is 0 Å². The van der Waals surface area contributed by atoms with Crippen molar-refractivity contribution >= 4 is 22.9 Å². The molecule has 1 heterocycles. The van der Waals surface area contributed by atoms with E-state index < -0.39 is 0 Å². The standard InChI is InChI=1S/C10H12IN/c1-8-6-12(11)7-9-4-2-3-5-10(8)9/h2-5,8H,6-7H2,1H3/t8-/m1/s1. The Kier molecular flexibility index (Phi) is 2.37. The lowest BCUT2D eigenvalue weighted by Gasteiger charge is -2.28. The number of hydrogen-bond donors (Lipinski definition) is 0. The summed E-state index contributed by atoms with van der Waals surface area (Å²) in [7, 11) is 0. The van der Waals surface area contributed by atoms with Crippen molar-refractivity contribution in [2.75, 3.05) is 6.54 Å². The van der Waals surface area contributed by atoms with Crippen LogP contribution in [-0.4, -0.2) is 9.66 Å². The van der Waals surface area contributed by atoms with Gasteiger partial charge in [0.15, 0.2) is 0 Å². The molecule has 0 N–H and O–H groups in total. The number of fused-ring (bicyclic) bond motifs is 1. The summed E-state index contributed by atoms with van der Waals surface area (Å²) >= 11 is 2.40. The van der Waals surface area contributed by atoms with Gasteiger partial charge in [-0.05, 0) is 17.0 Å². The zero-order chi connectivity index (χ0) is 8.55. The molecule has 2 rings (SSSR count). The van der Waals surface area contributed by atoms with E-state index >= 15 is 0 Å². The Labute approximate surface area is 87.3 Å². The van der Waals surface area contributed by atoms with Gasteiger partial charge in [0.2, 0.25) is 0 Å². The lowest BCUT2D eigenvalue weighted by Crippen LogP contribution is -2.24. The van der Waals surface area contributed by atoms with E-state index in [0.717, 1.165) is 6.54 Å². The van der Waals surface area contributed by atoms with Gasteiger partial charge in [0.05, 0.1) is 0 Å². The smallest absolute Gasteiger partial charge is 0.0335 e. The Bertz CT molecular complexity index is 285. The molecule has 0 spiro atoms. The molecule has 1 nitrogen and oxygen atoms in total. The molecule has 64 valence electrons. The first-order valence-corrected chi connectivity index (χ1v) is 5.22. The molecule has 12 heavy (non-hydrogen) atoms. The maximum Gasteiger partial charge on any atom is 0.0335 e. The summed E-state index contributed by atoms with van der Waals surface area (Å²) in [6.07, 6.45) is 0. The second-order valence-corrected chi connectivity index (χ2v) is 4.77. The van der Waals surface area contributed by atoms with E-state index in [1.165, 1.54) is 17.7 Å². The third-order valence-electron chi connectivity index (χ3n) is 2.40. The van der Waals surface area contributed by atoms with Gasteiger partial charge in [-0.2, -0.15) is 0 Å². The first-order chi connectivity index (χ1) is 5.77. The molecule has 1 aliphatic rings. The number of halogens is 1. The Balaban J connectivity index is 2.40. The van der Waals surface area contributed by atoms with Crippen LogP contribution in [0.2, 0.25) is 0 Å². The topological polar surface area (TPSA) is 3.24 Å². The summed E-state index contributed by atoms with van der Waals surface area (Å²) in [5.41, 5.74) is 3.02. The van der Waals surface area contributed by atoms with Crippen molar-refractivity contribution in [2.45, 2.75) is 19.4 Å². The third-order valence-corrected chi connectivity index (χ3v) is 3.13. The predicted octanol–water partition coefficient (Wildman–Crippen LogP) is 2.96. The van der Waals surface area contributed by atoms with Gasteiger partial charge >= 0.3 is 0 Å². The Morgan fingerprint density at radius 1 is 1.42 bits per heavy atom. The van der Waals surface area contributed by atoms with Crippen LogP contribution in [0, 0.1) is 0 Å². The molecule has 0 aromatic heterocycles. The molecule has 2 heteroatoms. The van der Waals surface area contributed by atoms with Gasteiger partial charge in [0.1, 0.15) is 0 Å². The van der Waals surface area contributed by atoms with Crippen molar-refractivity contribution < 1.29 is 0 Å². The van der Waals surface area contributed by atoms with Crippen LogP contribution in [0.1, 0.15) is 24.0 Å². The van der Waals surface area contributed by atoms with E-state index in [2.05, 4.69) is 57.2 Å². The summed E-state index contributed by atoms with van der Waals surface area (Å²) < 4.78 is 2.35. The predicted molar refractivity (Wildman–Crippen MR) is 59.3 cm³/mol. The summed E-state index contributed by atoms with van der Waals surface area (Å²) in [4.78, 5) is 0. The van der Waals surface area contributed by atoms with Crippen LogP contribution < -0.4 is 0 Å². The van der Waals surface area contributed by atoms with E-state index in [0.29, 0.717) is 5.92 Å². The molecule has 0 radical (unpaired) electrons. The van der Waals surface area contributed by atoms with Gasteiger partial charge in [-0.3, -0.25) is 0 Å². The largest absolute Gasteiger partial charge is 0.243 e. The number of hydrogen-bond acceptors (Lipinski definition) is 1. The van der Waals surface area contributed by atoms with E-state index in [4.69, 9.17) is 0 Å². The maximum absolute atomic E-state index is 2.40. The minimum atomic E-state index is 0.687. The van der Waals surface area contributed by atoms with Crippen molar-refractivity contribution in [2.24, 2.45) is 0 Å². The van der Waals surface area contributed by atoms with Crippen LogP contribution in [0.15, 0.2) is 24.3 Å². The highest BCUT2D eigenvalue weighted by atomic mass is 127. The Hall–Kier alpha value is -0.0900. The molecule has 0 saturated carbocycles. The fraction of sp³-hybridized carbons (Fsp3) is 0.400. The van der Waals surface area contributed by atoms with Crippen LogP contribution in [0.3, 0.4) is 0 Å². The molecule has 0 saturated heterocycles. The van der Waals surface area contributed by atoms with E-state index in [-0.39, 0.29) is 0 Å². The average molecular weight is 273 g/mol. The van der Waals surface area contributed by atoms with E-state index in [9.17, 15) is 0 Å². The molecule has 0 aliphatic carbocycles. The maximum atomic E-state index is 2.40. The van der Waals surface area contributed by atoms with Crippen molar-refractivity contribution in [3.05, 3.63) is 35.4 Å². The zero-order valence-corrected chi connectivity index (χ0v) is 9.28. The second-order valence-electron chi connectivity index (χ2n) is 3.40. The second kappa shape index (κ2) is 3.34. The first kappa shape index (κ1) is 8.51. The summed E-state index contributed by atoms with van der Waals surface area (Å²) in [6.45, 7) is 4.57. The number of benzene rings is 1. The summed E-state index contributed by atoms with van der Waals surface area (Å²) in [6, 6.07) is 8.75. The number of nitrogens with zero attached hydrogens (tertiary/aromatic N) is 1. The van der Waals surface area contributed by atoms with Crippen molar-refractivity contribution in [1.29, 1.82) is 0 Å². The molecule has 1 atom stereocenters. The van der Waals surface area contributed by atoms with Gasteiger partial charge < -0.3 is 0 Å². The average Bonchev–Trinajstić information content (AvgIpc) is 2.04. The third kappa shape index (κ3) is 1.50. The quantitative estimate of drug-likeness (QED) is 0.519. The highest BCUT2D eigenvalue weighted by molar-refractivity contribution is 14.1. The van der Waals surface area contributed by atoms with Crippen LogP contribution in [0.4, 0.5) is 0 Å². The fourth-order valence-electron chi connectivity index (χ4n) is 1.80. The highest BCUT2D eigenvalue weighted by Gasteiger charge is 2.19. The monoisotopic (exact) mass is 273 g/mol. The molecule has 0 unspecified atom stereocenters. The zero-order valence-electron chi connectivity index (χ0n) is 7.13. The molecular weight excluding hydrogens is 261 g/mol. The van der Waals surface area contributed by atoms with Gasteiger partial charge in [0.25, 0.3) is 0 Å². The lowest BCUT2D eigenvalue weighted by molar-refractivity contribution is 0.436. The molecular formula is C10H12IN. The van der Waals surface area contributed by atoms with Gasteiger partial charge in [-0.1, -0.05) is 31.2 Å². The first-order valence-electron chi connectivity index (χ1n) is 4.26. The van der Waals surface area contributed by atoms with E-state index in [1.54, 1.807) is 0 Å². The molecule has 0 bridgehead atoms. The minimum absolute atomic E-state index is 0.687. The summed E-state index contributed by atoms with van der Waals surface area (Å²) in [5, 5.41) is 0. The molecule has 1 aliphatic heterocycles. The lowest BCUT2D eigenvalue weighted by atomic mass is 9.93.